The fraction of sp³-hybridized carbons (Fsp3) is 0.524. The van der Waals surface area contributed by atoms with E-state index in [-0.39, 0.29) is 18.1 Å². The molecule has 144 valence electrons. The third-order valence-electron chi connectivity index (χ3n) is 5.60. The molecule has 0 aliphatic carbocycles. The SMILES string of the molecule is Cn1cc(C2CN(C(=O)C3CCCCN3Cc3ccccc3)CCO2)cn1. The number of hydrogen-bond acceptors (Lipinski definition) is 4. The number of morpholine rings is 1. The molecule has 6 nitrogen and oxygen atoms in total. The predicted octanol–water partition coefficient (Wildman–Crippen LogP) is 2.37. The van der Waals surface area contributed by atoms with Crippen LogP contribution in [0.2, 0.25) is 0 Å². The maximum Gasteiger partial charge on any atom is 0.240 e. The molecule has 0 spiro atoms. The molecule has 2 aromatic rings. The molecule has 1 aromatic heterocycles. The van der Waals surface area contributed by atoms with Gasteiger partial charge in [-0.2, -0.15) is 5.10 Å². The minimum atomic E-state index is -0.0810. The van der Waals surface area contributed by atoms with Crippen molar-refractivity contribution >= 4 is 5.91 Å². The zero-order valence-corrected chi connectivity index (χ0v) is 16.0. The zero-order valence-electron chi connectivity index (χ0n) is 16.0. The Balaban J connectivity index is 1.44. The van der Waals surface area contributed by atoms with E-state index in [0.29, 0.717) is 19.7 Å². The molecular weight excluding hydrogens is 340 g/mol. The Morgan fingerprint density at radius 3 is 2.85 bits per heavy atom. The van der Waals surface area contributed by atoms with Gasteiger partial charge in [0.15, 0.2) is 0 Å². The van der Waals surface area contributed by atoms with E-state index in [1.165, 1.54) is 5.56 Å². The third-order valence-corrected chi connectivity index (χ3v) is 5.60. The van der Waals surface area contributed by atoms with Crippen molar-refractivity contribution in [1.82, 2.24) is 19.6 Å². The van der Waals surface area contributed by atoms with Crippen molar-refractivity contribution in [2.24, 2.45) is 7.05 Å². The van der Waals surface area contributed by atoms with Crippen LogP contribution in [0.4, 0.5) is 0 Å². The minimum Gasteiger partial charge on any atom is -0.370 e. The molecule has 0 saturated carbocycles. The van der Waals surface area contributed by atoms with Gasteiger partial charge in [0.25, 0.3) is 0 Å². The average Bonchev–Trinajstić information content (AvgIpc) is 3.15. The summed E-state index contributed by atoms with van der Waals surface area (Å²) in [4.78, 5) is 17.7. The highest BCUT2D eigenvalue weighted by atomic mass is 16.5. The van der Waals surface area contributed by atoms with E-state index in [4.69, 9.17) is 4.74 Å². The third kappa shape index (κ3) is 4.22. The summed E-state index contributed by atoms with van der Waals surface area (Å²) in [5.41, 5.74) is 2.31. The number of hydrogen-bond donors (Lipinski definition) is 0. The topological polar surface area (TPSA) is 50.6 Å². The molecule has 2 unspecified atom stereocenters. The number of piperidine rings is 1. The Bertz CT molecular complexity index is 761. The summed E-state index contributed by atoms with van der Waals surface area (Å²) in [5.74, 6) is 0.253. The van der Waals surface area contributed by atoms with Crippen LogP contribution in [0.1, 0.15) is 36.5 Å². The van der Waals surface area contributed by atoms with Crippen molar-refractivity contribution in [2.75, 3.05) is 26.2 Å². The summed E-state index contributed by atoms with van der Waals surface area (Å²) in [6, 6.07) is 10.4. The van der Waals surface area contributed by atoms with Crippen molar-refractivity contribution in [3.63, 3.8) is 0 Å². The van der Waals surface area contributed by atoms with Crippen LogP contribution in [0.15, 0.2) is 42.7 Å². The number of nitrogens with zero attached hydrogens (tertiary/aromatic N) is 4. The number of rotatable bonds is 4. The molecule has 2 aliphatic heterocycles. The van der Waals surface area contributed by atoms with E-state index in [1.807, 2.05) is 30.4 Å². The van der Waals surface area contributed by atoms with E-state index in [0.717, 1.165) is 37.9 Å². The molecule has 1 amide bonds. The summed E-state index contributed by atoms with van der Waals surface area (Å²) < 4.78 is 7.69. The Labute approximate surface area is 160 Å². The van der Waals surface area contributed by atoms with Gasteiger partial charge in [0.05, 0.1) is 25.4 Å². The quantitative estimate of drug-likeness (QED) is 0.831. The first-order valence-electron chi connectivity index (χ1n) is 9.87. The van der Waals surface area contributed by atoms with Gasteiger partial charge in [-0.1, -0.05) is 36.8 Å². The summed E-state index contributed by atoms with van der Waals surface area (Å²) in [7, 11) is 1.90. The molecular formula is C21H28N4O2. The van der Waals surface area contributed by atoms with Crippen LogP contribution in [-0.4, -0.2) is 57.8 Å². The van der Waals surface area contributed by atoms with Crippen LogP contribution in [0.25, 0.3) is 0 Å². The molecule has 27 heavy (non-hydrogen) atoms. The zero-order chi connectivity index (χ0) is 18.6. The van der Waals surface area contributed by atoms with Crippen LogP contribution < -0.4 is 0 Å². The van der Waals surface area contributed by atoms with Gasteiger partial charge in [-0.3, -0.25) is 14.4 Å². The van der Waals surface area contributed by atoms with Crippen molar-refractivity contribution in [1.29, 1.82) is 0 Å². The first-order valence-corrected chi connectivity index (χ1v) is 9.87. The van der Waals surface area contributed by atoms with Gasteiger partial charge in [-0.25, -0.2) is 0 Å². The van der Waals surface area contributed by atoms with Crippen LogP contribution in [0.5, 0.6) is 0 Å². The molecule has 0 radical (unpaired) electrons. The second-order valence-electron chi connectivity index (χ2n) is 7.56. The van der Waals surface area contributed by atoms with Crippen molar-refractivity contribution < 1.29 is 9.53 Å². The summed E-state index contributed by atoms with van der Waals surface area (Å²) in [6.45, 7) is 3.69. The number of aryl methyl sites for hydroxylation is 1. The Hall–Kier alpha value is -2.18. The highest BCUT2D eigenvalue weighted by molar-refractivity contribution is 5.82. The Kier molecular flexibility index (Phi) is 5.55. The molecule has 1 aromatic carbocycles. The molecule has 2 aliphatic rings. The van der Waals surface area contributed by atoms with Gasteiger partial charge in [0.2, 0.25) is 5.91 Å². The average molecular weight is 368 g/mol. The number of likely N-dealkylation sites (tertiary alicyclic amines) is 1. The number of carbonyl (C=O) groups is 1. The lowest BCUT2D eigenvalue weighted by molar-refractivity contribution is -0.146. The van der Waals surface area contributed by atoms with E-state index >= 15 is 0 Å². The van der Waals surface area contributed by atoms with Gasteiger partial charge < -0.3 is 9.64 Å². The van der Waals surface area contributed by atoms with Crippen LogP contribution >= 0.6 is 0 Å². The number of aromatic nitrogens is 2. The normalized spacial score (nSPS) is 24.1. The maximum absolute atomic E-state index is 13.3. The minimum absolute atomic E-state index is 0.0217. The fourth-order valence-corrected chi connectivity index (χ4v) is 4.15. The highest BCUT2D eigenvalue weighted by Crippen LogP contribution is 2.26. The monoisotopic (exact) mass is 368 g/mol. The first-order chi connectivity index (χ1) is 13.2. The van der Waals surface area contributed by atoms with E-state index in [9.17, 15) is 4.79 Å². The predicted molar refractivity (Wildman–Crippen MR) is 103 cm³/mol. The lowest BCUT2D eigenvalue weighted by atomic mass is 9.99. The van der Waals surface area contributed by atoms with E-state index in [2.05, 4.69) is 34.3 Å². The van der Waals surface area contributed by atoms with Crippen LogP contribution in [-0.2, 0) is 23.1 Å². The Morgan fingerprint density at radius 1 is 1.22 bits per heavy atom. The summed E-state index contributed by atoms with van der Waals surface area (Å²) >= 11 is 0. The van der Waals surface area contributed by atoms with E-state index < -0.39 is 0 Å². The number of amides is 1. The lowest BCUT2D eigenvalue weighted by Crippen LogP contribution is -2.53. The molecule has 0 bridgehead atoms. The van der Waals surface area contributed by atoms with Gasteiger partial charge in [0, 0.05) is 31.9 Å². The second-order valence-corrected chi connectivity index (χ2v) is 7.56. The maximum atomic E-state index is 13.3. The van der Waals surface area contributed by atoms with Crippen LogP contribution in [0, 0.1) is 0 Å². The number of benzene rings is 1. The summed E-state index contributed by atoms with van der Waals surface area (Å²) in [6.07, 6.45) is 6.96. The highest BCUT2D eigenvalue weighted by Gasteiger charge is 2.34. The second kappa shape index (κ2) is 8.23. The Morgan fingerprint density at radius 2 is 2.07 bits per heavy atom. The molecule has 3 heterocycles. The van der Waals surface area contributed by atoms with E-state index in [1.54, 1.807) is 4.68 Å². The van der Waals surface area contributed by atoms with Crippen LogP contribution in [0.3, 0.4) is 0 Å². The lowest BCUT2D eigenvalue weighted by Gasteiger charge is -2.40. The van der Waals surface area contributed by atoms with Gasteiger partial charge in [0.1, 0.15) is 6.10 Å². The molecule has 4 rings (SSSR count). The van der Waals surface area contributed by atoms with Crippen molar-refractivity contribution in [3.8, 4) is 0 Å². The standard InChI is InChI=1S/C21H28N4O2/c1-23-15-18(13-22-23)20-16-25(11-12-27-20)21(26)19-9-5-6-10-24(19)14-17-7-3-2-4-8-17/h2-4,7-8,13,15,19-20H,5-6,9-12,14,16H2,1H3. The van der Waals surface area contributed by atoms with Gasteiger partial charge in [-0.05, 0) is 24.9 Å². The fourth-order valence-electron chi connectivity index (χ4n) is 4.15. The van der Waals surface area contributed by atoms with Gasteiger partial charge in [-0.15, -0.1) is 0 Å². The largest absolute Gasteiger partial charge is 0.370 e. The molecule has 6 heteroatoms. The molecule has 2 fully saturated rings. The molecule has 2 saturated heterocycles. The summed E-state index contributed by atoms with van der Waals surface area (Å²) in [5, 5.41) is 4.24. The van der Waals surface area contributed by atoms with Crippen molar-refractivity contribution in [3.05, 3.63) is 53.9 Å². The van der Waals surface area contributed by atoms with Crippen molar-refractivity contribution in [2.45, 2.75) is 38.0 Å². The van der Waals surface area contributed by atoms with Gasteiger partial charge >= 0.3 is 0 Å². The smallest absolute Gasteiger partial charge is 0.240 e. The molecule has 2 atom stereocenters. The molecule has 0 N–H and O–H groups in total. The number of ether oxygens (including phenoxy) is 1. The first kappa shape index (κ1) is 18.2. The number of carbonyl (C=O) groups excluding carboxylic acids is 1.